The Balaban J connectivity index is 1.98. The minimum atomic E-state index is -2.97. The quantitative estimate of drug-likeness (QED) is 0.921. The summed E-state index contributed by atoms with van der Waals surface area (Å²) in [5, 5.41) is 5.02. The van der Waals surface area contributed by atoms with Crippen LogP contribution in [-0.4, -0.2) is 29.7 Å². The Bertz CT molecular complexity index is 755. The molecule has 20 heavy (non-hydrogen) atoms. The molecular weight excluding hydrogens is 298 g/mol. The lowest BCUT2D eigenvalue weighted by molar-refractivity contribution is 0.508. The second kappa shape index (κ2) is 4.79. The summed E-state index contributed by atoms with van der Waals surface area (Å²) >= 11 is 6.14. The van der Waals surface area contributed by atoms with Crippen LogP contribution in [0.2, 0.25) is 5.02 Å². The first kappa shape index (κ1) is 13.5. The van der Waals surface area contributed by atoms with E-state index in [2.05, 4.69) is 5.10 Å². The molecule has 0 amide bonds. The van der Waals surface area contributed by atoms with Gasteiger partial charge in [0.1, 0.15) is 5.82 Å². The maximum absolute atomic E-state index is 11.6. The first-order valence-corrected chi connectivity index (χ1v) is 8.46. The van der Waals surface area contributed by atoms with E-state index < -0.39 is 9.84 Å². The van der Waals surface area contributed by atoms with E-state index in [0.29, 0.717) is 23.0 Å². The molecule has 2 heterocycles. The average molecular weight is 312 g/mol. The van der Waals surface area contributed by atoms with Crippen molar-refractivity contribution in [3.63, 3.8) is 0 Å². The molecule has 106 valence electrons. The molecule has 2 N–H and O–H groups in total. The Morgan fingerprint density at radius 2 is 2.10 bits per heavy atom. The fourth-order valence-corrected chi connectivity index (χ4v) is 4.39. The van der Waals surface area contributed by atoms with Crippen molar-refractivity contribution in [3.05, 3.63) is 35.4 Å². The van der Waals surface area contributed by atoms with Gasteiger partial charge in [-0.25, -0.2) is 13.1 Å². The van der Waals surface area contributed by atoms with Crippen LogP contribution in [0.5, 0.6) is 0 Å². The van der Waals surface area contributed by atoms with Gasteiger partial charge in [0, 0.05) is 11.6 Å². The summed E-state index contributed by atoms with van der Waals surface area (Å²) in [6, 6.07) is 8.90. The summed E-state index contributed by atoms with van der Waals surface area (Å²) in [6.45, 7) is 0. The van der Waals surface area contributed by atoms with E-state index in [1.54, 1.807) is 16.8 Å². The number of hydrogen-bond donors (Lipinski definition) is 1. The third-order valence-corrected chi connectivity index (χ3v) is 5.55. The Labute approximate surface area is 122 Å². The molecule has 1 fully saturated rings. The number of halogens is 1. The SMILES string of the molecule is Nc1cc(-c2ccccc2Cl)nn1C1CCS(=O)(=O)C1. The van der Waals surface area contributed by atoms with Crippen molar-refractivity contribution >= 4 is 27.3 Å². The number of nitrogens with two attached hydrogens (primary N) is 1. The number of anilines is 1. The van der Waals surface area contributed by atoms with Gasteiger partial charge in [-0.2, -0.15) is 5.10 Å². The molecule has 1 unspecified atom stereocenters. The van der Waals surface area contributed by atoms with Crippen molar-refractivity contribution in [1.29, 1.82) is 0 Å². The van der Waals surface area contributed by atoms with Crippen molar-refractivity contribution in [2.75, 3.05) is 17.2 Å². The van der Waals surface area contributed by atoms with Crippen LogP contribution in [0.3, 0.4) is 0 Å². The van der Waals surface area contributed by atoms with E-state index in [0.717, 1.165) is 5.56 Å². The second-order valence-electron chi connectivity index (χ2n) is 4.94. The maximum atomic E-state index is 11.6. The lowest BCUT2D eigenvalue weighted by Crippen LogP contribution is -2.14. The van der Waals surface area contributed by atoms with Gasteiger partial charge < -0.3 is 5.73 Å². The van der Waals surface area contributed by atoms with Gasteiger partial charge in [-0.3, -0.25) is 0 Å². The Morgan fingerprint density at radius 1 is 1.35 bits per heavy atom. The highest BCUT2D eigenvalue weighted by Crippen LogP contribution is 2.31. The van der Waals surface area contributed by atoms with Crippen molar-refractivity contribution in [2.45, 2.75) is 12.5 Å². The molecule has 3 rings (SSSR count). The highest BCUT2D eigenvalue weighted by molar-refractivity contribution is 7.91. The predicted octanol–water partition coefficient (Wildman–Crippen LogP) is 2.15. The lowest BCUT2D eigenvalue weighted by Gasteiger charge is -2.10. The first-order chi connectivity index (χ1) is 9.46. The second-order valence-corrected chi connectivity index (χ2v) is 7.57. The molecule has 2 aromatic rings. The van der Waals surface area contributed by atoms with Crippen molar-refractivity contribution in [3.8, 4) is 11.3 Å². The van der Waals surface area contributed by atoms with Crippen molar-refractivity contribution < 1.29 is 8.42 Å². The molecule has 5 nitrogen and oxygen atoms in total. The zero-order valence-corrected chi connectivity index (χ0v) is 12.2. The zero-order valence-electron chi connectivity index (χ0n) is 10.7. The summed E-state index contributed by atoms with van der Waals surface area (Å²) in [4.78, 5) is 0. The van der Waals surface area contributed by atoms with Crippen molar-refractivity contribution in [1.82, 2.24) is 9.78 Å². The molecule has 0 spiro atoms. The molecule has 7 heteroatoms. The summed E-state index contributed by atoms with van der Waals surface area (Å²) in [5.74, 6) is 0.751. The summed E-state index contributed by atoms with van der Waals surface area (Å²) in [7, 11) is -2.97. The normalized spacial score (nSPS) is 21.1. The molecule has 1 aromatic carbocycles. The molecule has 1 atom stereocenters. The number of nitrogen functional groups attached to an aromatic ring is 1. The summed E-state index contributed by atoms with van der Waals surface area (Å²) in [6.07, 6.45) is 0.552. The van der Waals surface area contributed by atoms with E-state index in [1.807, 2.05) is 18.2 Å². The van der Waals surface area contributed by atoms with Crippen LogP contribution in [-0.2, 0) is 9.84 Å². The molecule has 0 saturated carbocycles. The monoisotopic (exact) mass is 311 g/mol. The predicted molar refractivity (Wildman–Crippen MR) is 79.4 cm³/mol. The van der Waals surface area contributed by atoms with Gasteiger partial charge in [0.05, 0.1) is 28.3 Å². The van der Waals surface area contributed by atoms with Gasteiger partial charge in [-0.1, -0.05) is 29.8 Å². The van der Waals surface area contributed by atoms with Crippen LogP contribution >= 0.6 is 11.6 Å². The van der Waals surface area contributed by atoms with Crippen LogP contribution in [0.15, 0.2) is 30.3 Å². The minimum Gasteiger partial charge on any atom is -0.384 e. The van der Waals surface area contributed by atoms with E-state index in [1.165, 1.54) is 0 Å². The standard InChI is InChI=1S/C13H14ClN3O2S/c14-11-4-2-1-3-10(11)12-7-13(15)17(16-12)9-5-6-20(18,19)8-9/h1-4,7,9H,5-6,8,15H2. The number of sulfone groups is 1. The van der Waals surface area contributed by atoms with Gasteiger partial charge >= 0.3 is 0 Å². The Kier molecular flexibility index (Phi) is 3.22. The van der Waals surface area contributed by atoms with Crippen LogP contribution < -0.4 is 5.73 Å². The number of benzene rings is 1. The summed E-state index contributed by atoms with van der Waals surface area (Å²) in [5.41, 5.74) is 7.42. The van der Waals surface area contributed by atoms with Crippen LogP contribution in [0.4, 0.5) is 5.82 Å². The topological polar surface area (TPSA) is 78.0 Å². The fourth-order valence-electron chi connectivity index (χ4n) is 2.47. The third-order valence-electron chi connectivity index (χ3n) is 3.47. The van der Waals surface area contributed by atoms with E-state index >= 15 is 0 Å². The highest BCUT2D eigenvalue weighted by atomic mass is 35.5. The van der Waals surface area contributed by atoms with Crippen LogP contribution in [0.1, 0.15) is 12.5 Å². The molecule has 0 aliphatic carbocycles. The molecule has 0 bridgehead atoms. The van der Waals surface area contributed by atoms with E-state index in [9.17, 15) is 8.42 Å². The third kappa shape index (κ3) is 2.41. The smallest absolute Gasteiger partial charge is 0.152 e. The summed E-state index contributed by atoms with van der Waals surface area (Å²) < 4.78 is 24.7. The van der Waals surface area contributed by atoms with Gasteiger partial charge in [0.2, 0.25) is 0 Å². The van der Waals surface area contributed by atoms with E-state index in [-0.39, 0.29) is 17.5 Å². The maximum Gasteiger partial charge on any atom is 0.152 e. The first-order valence-electron chi connectivity index (χ1n) is 6.26. The van der Waals surface area contributed by atoms with E-state index in [4.69, 9.17) is 17.3 Å². The number of aromatic nitrogens is 2. The number of rotatable bonds is 2. The zero-order chi connectivity index (χ0) is 14.3. The molecular formula is C13H14ClN3O2S. The van der Waals surface area contributed by atoms with Gasteiger partial charge in [0.25, 0.3) is 0 Å². The lowest BCUT2D eigenvalue weighted by atomic mass is 10.1. The molecule has 0 radical (unpaired) electrons. The fraction of sp³-hybridized carbons (Fsp3) is 0.308. The van der Waals surface area contributed by atoms with Gasteiger partial charge in [-0.15, -0.1) is 0 Å². The minimum absolute atomic E-state index is 0.0981. The molecule has 1 aromatic heterocycles. The molecule has 1 aliphatic rings. The number of hydrogen-bond acceptors (Lipinski definition) is 4. The van der Waals surface area contributed by atoms with Crippen LogP contribution in [0, 0.1) is 0 Å². The highest BCUT2D eigenvalue weighted by Gasteiger charge is 2.31. The van der Waals surface area contributed by atoms with Crippen LogP contribution in [0.25, 0.3) is 11.3 Å². The number of nitrogens with zero attached hydrogens (tertiary/aromatic N) is 2. The van der Waals surface area contributed by atoms with Gasteiger partial charge in [-0.05, 0) is 12.5 Å². The molecule has 1 aliphatic heterocycles. The Hall–Kier alpha value is -1.53. The largest absolute Gasteiger partial charge is 0.384 e. The Morgan fingerprint density at radius 3 is 2.75 bits per heavy atom. The van der Waals surface area contributed by atoms with Crippen molar-refractivity contribution in [2.24, 2.45) is 0 Å². The van der Waals surface area contributed by atoms with Gasteiger partial charge in [0.15, 0.2) is 9.84 Å². The molecule has 1 saturated heterocycles. The average Bonchev–Trinajstić information content (AvgIpc) is 2.93.